The highest BCUT2D eigenvalue weighted by Crippen LogP contribution is 2.13. The fourth-order valence-corrected chi connectivity index (χ4v) is 7.25. The molecule has 66 heavy (non-hydrogen) atoms. The van der Waals surface area contributed by atoms with Crippen molar-refractivity contribution in [2.24, 2.45) is 0 Å². The van der Waals surface area contributed by atoms with Crippen LogP contribution >= 0.6 is 0 Å². The van der Waals surface area contributed by atoms with Gasteiger partial charge in [0.2, 0.25) is 0 Å². The number of carbonyl (C=O) groups is 2. The van der Waals surface area contributed by atoms with Gasteiger partial charge in [-0.1, -0.05) is 214 Å². The molecule has 0 N–H and O–H groups in total. The summed E-state index contributed by atoms with van der Waals surface area (Å²) < 4.78 is 17.4. The molecule has 1 unspecified atom stereocenters. The number of hydrogen-bond donors (Lipinski definition) is 0. The maximum atomic E-state index is 12.8. The lowest BCUT2D eigenvalue weighted by Crippen LogP contribution is -2.30. The van der Waals surface area contributed by atoms with Crippen molar-refractivity contribution in [3.8, 4) is 0 Å². The molecule has 0 aliphatic carbocycles. The van der Waals surface area contributed by atoms with Crippen LogP contribution in [0.5, 0.6) is 0 Å². The highest BCUT2D eigenvalue weighted by Gasteiger charge is 2.17. The van der Waals surface area contributed by atoms with Crippen LogP contribution < -0.4 is 0 Å². The number of hydrogen-bond acceptors (Lipinski definition) is 5. The van der Waals surface area contributed by atoms with Crippen LogP contribution in [0.15, 0.2) is 109 Å². The number of ether oxygens (including phenoxy) is 3. The minimum atomic E-state index is -0.564. The van der Waals surface area contributed by atoms with Gasteiger partial charge in [0.05, 0.1) is 6.61 Å². The van der Waals surface area contributed by atoms with E-state index < -0.39 is 6.10 Å². The van der Waals surface area contributed by atoms with Gasteiger partial charge >= 0.3 is 11.9 Å². The average Bonchev–Trinajstić information content (AvgIpc) is 3.32. The Kier molecular flexibility index (Phi) is 53.0. The van der Waals surface area contributed by atoms with Crippen LogP contribution in [0.25, 0.3) is 0 Å². The van der Waals surface area contributed by atoms with E-state index in [4.69, 9.17) is 14.2 Å². The topological polar surface area (TPSA) is 61.8 Å². The molecule has 0 rings (SSSR count). The smallest absolute Gasteiger partial charge is 0.306 e. The first-order valence-electron chi connectivity index (χ1n) is 27.4. The van der Waals surface area contributed by atoms with Gasteiger partial charge in [0.1, 0.15) is 6.61 Å². The van der Waals surface area contributed by atoms with Gasteiger partial charge in [0, 0.05) is 19.4 Å². The predicted octanol–water partition coefficient (Wildman–Crippen LogP) is 18.8. The second-order valence-electron chi connectivity index (χ2n) is 17.7. The first kappa shape index (κ1) is 62.6. The summed E-state index contributed by atoms with van der Waals surface area (Å²) in [7, 11) is 0. The van der Waals surface area contributed by atoms with Gasteiger partial charge in [-0.25, -0.2) is 0 Å². The lowest BCUT2D eigenvalue weighted by Gasteiger charge is -2.18. The fraction of sp³-hybridized carbons (Fsp3) is 0.672. The first-order valence-corrected chi connectivity index (χ1v) is 27.4. The minimum absolute atomic E-state index is 0.0603. The van der Waals surface area contributed by atoms with Crippen molar-refractivity contribution in [2.75, 3.05) is 19.8 Å². The third-order valence-corrected chi connectivity index (χ3v) is 11.3. The quantitative estimate of drug-likeness (QED) is 0.0346. The third kappa shape index (κ3) is 53.2. The summed E-state index contributed by atoms with van der Waals surface area (Å²) in [6, 6.07) is 0. The molecule has 0 radical (unpaired) electrons. The van der Waals surface area contributed by atoms with E-state index in [1.165, 1.54) is 89.9 Å². The summed E-state index contributed by atoms with van der Waals surface area (Å²) in [5, 5.41) is 0. The molecule has 0 saturated heterocycles. The van der Waals surface area contributed by atoms with E-state index >= 15 is 0 Å². The van der Waals surface area contributed by atoms with E-state index in [1.54, 1.807) is 0 Å². The van der Waals surface area contributed by atoms with Gasteiger partial charge in [-0.05, 0) is 122 Å². The van der Waals surface area contributed by atoms with E-state index in [0.717, 1.165) is 116 Å². The van der Waals surface area contributed by atoms with Crippen molar-refractivity contribution in [3.05, 3.63) is 109 Å². The van der Waals surface area contributed by atoms with Crippen LogP contribution in [0.2, 0.25) is 0 Å². The van der Waals surface area contributed by atoms with Crippen LogP contribution in [0.3, 0.4) is 0 Å². The molecular formula is C61H102O5. The van der Waals surface area contributed by atoms with Crippen molar-refractivity contribution >= 4 is 11.9 Å². The van der Waals surface area contributed by atoms with Gasteiger partial charge in [-0.3, -0.25) is 9.59 Å². The molecule has 1 atom stereocenters. The standard InChI is InChI=1S/C61H102O5/c1-4-7-10-13-16-19-22-25-28-30-31-32-34-36-39-42-45-48-51-54-60(62)65-58-59(57-64-56-53-50-47-44-41-38-35-29-26-23-20-17-14-11-8-5-2)66-61(63)55-52-49-46-43-40-37-33-27-24-21-18-15-12-9-6-3/h7,9-10,12,16-21,25-29,31-33,59H,4-6,8,11,13-15,22-24,30,34-58H2,1-3H3/b10-7-,12-9-,19-16-,20-17-,21-18-,28-25-,29-26-,32-31-,33-27-. The van der Waals surface area contributed by atoms with Crippen LogP contribution in [0.4, 0.5) is 0 Å². The Balaban J connectivity index is 4.36. The number of carbonyl (C=O) groups excluding carboxylic acids is 2. The Labute approximate surface area is 408 Å². The lowest BCUT2D eigenvalue weighted by atomic mass is 10.1. The average molecular weight is 915 g/mol. The van der Waals surface area contributed by atoms with Crippen molar-refractivity contribution in [1.29, 1.82) is 0 Å². The lowest BCUT2D eigenvalue weighted by molar-refractivity contribution is -0.163. The molecule has 0 saturated carbocycles. The van der Waals surface area contributed by atoms with Crippen LogP contribution in [0, 0.1) is 0 Å². The maximum absolute atomic E-state index is 12.8. The summed E-state index contributed by atoms with van der Waals surface area (Å²) in [5.41, 5.74) is 0. The second kappa shape index (κ2) is 55.9. The second-order valence-corrected chi connectivity index (χ2v) is 17.7. The molecule has 376 valence electrons. The SMILES string of the molecule is CC/C=C\C/C=C\C/C=C\C/C=C\CCCCCCCCC(=O)OCC(COCCCCCCCC/C=C\C/C=C\CCCCC)OC(=O)CCCCCCC/C=C\C/C=C\C/C=C\CC. The zero-order valence-electron chi connectivity index (χ0n) is 43.2. The minimum Gasteiger partial charge on any atom is -0.462 e. The molecule has 0 heterocycles. The molecule has 0 aromatic carbocycles. The molecule has 0 aliphatic rings. The van der Waals surface area contributed by atoms with Crippen molar-refractivity contribution in [1.82, 2.24) is 0 Å². The van der Waals surface area contributed by atoms with Crippen LogP contribution in [0.1, 0.15) is 239 Å². The summed E-state index contributed by atoms with van der Waals surface area (Å²) in [6.07, 6.45) is 76.7. The van der Waals surface area contributed by atoms with Crippen molar-refractivity contribution in [2.45, 2.75) is 245 Å². The van der Waals surface area contributed by atoms with Gasteiger partial charge in [-0.2, -0.15) is 0 Å². The van der Waals surface area contributed by atoms with Gasteiger partial charge < -0.3 is 14.2 Å². The van der Waals surface area contributed by atoms with Gasteiger partial charge in [0.25, 0.3) is 0 Å². The molecule has 0 aliphatic heterocycles. The Bertz CT molecular complexity index is 1310. The van der Waals surface area contributed by atoms with Crippen molar-refractivity contribution < 1.29 is 23.8 Å². The number of unbranched alkanes of at least 4 members (excludes halogenated alkanes) is 20. The summed E-state index contributed by atoms with van der Waals surface area (Å²) >= 11 is 0. The van der Waals surface area contributed by atoms with E-state index in [2.05, 4.69) is 130 Å². The normalized spacial score (nSPS) is 13.1. The molecule has 5 nitrogen and oxygen atoms in total. The Morgan fingerprint density at radius 1 is 0.348 bits per heavy atom. The molecular weight excluding hydrogens is 813 g/mol. The molecule has 0 aromatic heterocycles. The first-order chi connectivity index (χ1) is 32.6. The molecule has 0 bridgehead atoms. The predicted molar refractivity (Wildman–Crippen MR) is 288 cm³/mol. The Morgan fingerprint density at radius 3 is 1.09 bits per heavy atom. The van der Waals surface area contributed by atoms with Gasteiger partial charge in [0.15, 0.2) is 6.10 Å². The molecule has 0 fully saturated rings. The molecule has 0 spiro atoms. The third-order valence-electron chi connectivity index (χ3n) is 11.3. The van der Waals surface area contributed by atoms with E-state index in [9.17, 15) is 9.59 Å². The highest BCUT2D eigenvalue weighted by atomic mass is 16.6. The zero-order chi connectivity index (χ0) is 47.7. The maximum Gasteiger partial charge on any atom is 0.306 e. The fourth-order valence-electron chi connectivity index (χ4n) is 7.25. The summed E-state index contributed by atoms with van der Waals surface area (Å²) in [5.74, 6) is -0.441. The zero-order valence-corrected chi connectivity index (χ0v) is 43.2. The molecule has 5 heteroatoms. The molecule has 0 amide bonds. The van der Waals surface area contributed by atoms with Crippen molar-refractivity contribution in [3.63, 3.8) is 0 Å². The van der Waals surface area contributed by atoms with Crippen LogP contribution in [-0.2, 0) is 23.8 Å². The molecule has 0 aromatic rings. The number of esters is 2. The largest absolute Gasteiger partial charge is 0.462 e. The monoisotopic (exact) mass is 915 g/mol. The van der Waals surface area contributed by atoms with Gasteiger partial charge in [-0.15, -0.1) is 0 Å². The Morgan fingerprint density at radius 2 is 0.682 bits per heavy atom. The Hall–Kier alpha value is -3.44. The number of rotatable bonds is 49. The summed E-state index contributed by atoms with van der Waals surface area (Å²) in [6.45, 7) is 7.52. The van der Waals surface area contributed by atoms with E-state index in [0.29, 0.717) is 19.4 Å². The number of allylic oxidation sites excluding steroid dienone is 18. The summed E-state index contributed by atoms with van der Waals surface area (Å²) in [4.78, 5) is 25.5. The van der Waals surface area contributed by atoms with E-state index in [1.807, 2.05) is 0 Å². The highest BCUT2D eigenvalue weighted by molar-refractivity contribution is 5.70. The van der Waals surface area contributed by atoms with Crippen LogP contribution in [-0.4, -0.2) is 37.9 Å². The van der Waals surface area contributed by atoms with E-state index in [-0.39, 0.29) is 25.2 Å².